The molecule has 0 aromatic heterocycles. The summed E-state index contributed by atoms with van der Waals surface area (Å²) >= 11 is 3.89. The first-order chi connectivity index (χ1) is 13.6. The minimum Gasteiger partial charge on any atom is -0.481 e. The summed E-state index contributed by atoms with van der Waals surface area (Å²) in [7, 11) is 0. The van der Waals surface area contributed by atoms with Gasteiger partial charge in [-0.1, -0.05) is 0 Å². The second-order valence-electron chi connectivity index (χ2n) is 6.24. The Bertz CT molecular complexity index is 590. The Kier molecular flexibility index (Phi) is 13.4. The van der Waals surface area contributed by atoms with E-state index in [1.54, 1.807) is 0 Å². The molecule has 0 aliphatic carbocycles. The SMILES string of the molecule is NCCCCC(NC(=O)C(CCC(=O)O)NC(=O)C(N)CS)C(=O)NCC(=O)O. The Morgan fingerprint density at radius 3 is 1.97 bits per heavy atom. The molecule has 0 saturated heterocycles. The highest BCUT2D eigenvalue weighted by molar-refractivity contribution is 7.80. The molecule has 3 atom stereocenters. The van der Waals surface area contributed by atoms with Crippen molar-refractivity contribution in [2.24, 2.45) is 11.5 Å². The lowest BCUT2D eigenvalue weighted by Crippen LogP contribution is -2.56. The van der Waals surface area contributed by atoms with E-state index >= 15 is 0 Å². The van der Waals surface area contributed by atoms with Gasteiger partial charge in [-0.05, 0) is 32.2 Å². The van der Waals surface area contributed by atoms with Gasteiger partial charge in [-0.15, -0.1) is 0 Å². The van der Waals surface area contributed by atoms with E-state index in [1.807, 2.05) is 0 Å². The number of aliphatic carboxylic acids is 2. The first kappa shape index (κ1) is 26.6. The molecule has 0 heterocycles. The summed E-state index contributed by atoms with van der Waals surface area (Å²) in [5.41, 5.74) is 11.0. The highest BCUT2D eigenvalue weighted by Gasteiger charge is 2.28. The van der Waals surface area contributed by atoms with Gasteiger partial charge in [0.25, 0.3) is 0 Å². The Balaban J connectivity index is 5.21. The molecule has 0 fully saturated rings. The highest BCUT2D eigenvalue weighted by Crippen LogP contribution is 2.05. The topological polar surface area (TPSA) is 214 Å². The van der Waals surface area contributed by atoms with Crippen LogP contribution in [-0.2, 0) is 24.0 Å². The Labute approximate surface area is 173 Å². The Hall–Kier alpha value is -2.38. The summed E-state index contributed by atoms with van der Waals surface area (Å²) in [5.74, 6) is -4.60. The third-order valence-electron chi connectivity index (χ3n) is 3.81. The van der Waals surface area contributed by atoms with Crippen molar-refractivity contribution in [2.75, 3.05) is 18.8 Å². The van der Waals surface area contributed by atoms with Gasteiger partial charge in [0.05, 0.1) is 6.04 Å². The van der Waals surface area contributed by atoms with Crippen molar-refractivity contribution in [3.05, 3.63) is 0 Å². The lowest BCUT2D eigenvalue weighted by atomic mass is 10.1. The summed E-state index contributed by atoms with van der Waals surface area (Å²) in [6, 6.07) is -3.32. The van der Waals surface area contributed by atoms with E-state index in [2.05, 4.69) is 28.6 Å². The summed E-state index contributed by atoms with van der Waals surface area (Å²) < 4.78 is 0. The number of carboxylic acid groups (broad SMARTS) is 2. The molecule has 0 rings (SSSR count). The molecule has 0 aliphatic heterocycles. The molecule has 13 heteroatoms. The lowest BCUT2D eigenvalue weighted by molar-refractivity contribution is -0.138. The number of carboxylic acids is 2. The monoisotopic (exact) mass is 435 g/mol. The number of thiol groups is 1. The first-order valence-corrected chi connectivity index (χ1v) is 9.64. The summed E-state index contributed by atoms with van der Waals surface area (Å²) in [6.07, 6.45) is 0.618. The van der Waals surface area contributed by atoms with Crippen LogP contribution in [0.4, 0.5) is 0 Å². The normalized spacial score (nSPS) is 13.6. The van der Waals surface area contributed by atoms with E-state index in [9.17, 15) is 24.0 Å². The van der Waals surface area contributed by atoms with Crippen molar-refractivity contribution in [3.8, 4) is 0 Å². The van der Waals surface area contributed by atoms with Gasteiger partial charge >= 0.3 is 11.9 Å². The zero-order chi connectivity index (χ0) is 22.4. The number of nitrogens with two attached hydrogens (primary N) is 2. The van der Waals surface area contributed by atoms with Gasteiger partial charge in [-0.3, -0.25) is 24.0 Å². The van der Waals surface area contributed by atoms with Gasteiger partial charge in [0.1, 0.15) is 18.6 Å². The fraction of sp³-hybridized carbons (Fsp3) is 0.688. The maximum absolute atomic E-state index is 12.6. The predicted octanol–water partition coefficient (Wildman–Crippen LogP) is -2.59. The summed E-state index contributed by atoms with van der Waals surface area (Å²) in [6.45, 7) is -0.256. The van der Waals surface area contributed by atoms with Crippen LogP contribution < -0.4 is 27.4 Å². The maximum Gasteiger partial charge on any atom is 0.322 e. The van der Waals surface area contributed by atoms with Crippen LogP contribution in [0.3, 0.4) is 0 Å². The fourth-order valence-corrected chi connectivity index (χ4v) is 2.38. The number of hydrogen-bond acceptors (Lipinski definition) is 8. The fourth-order valence-electron chi connectivity index (χ4n) is 2.22. The second kappa shape index (κ2) is 14.6. The van der Waals surface area contributed by atoms with Gasteiger partial charge in [-0.25, -0.2) is 0 Å². The van der Waals surface area contributed by atoms with Gasteiger partial charge in [0.2, 0.25) is 17.7 Å². The molecule has 0 aromatic rings. The van der Waals surface area contributed by atoms with E-state index in [-0.39, 0.29) is 18.6 Å². The zero-order valence-corrected chi connectivity index (χ0v) is 16.8. The van der Waals surface area contributed by atoms with Crippen LogP contribution in [0, 0.1) is 0 Å². The molecular weight excluding hydrogens is 406 g/mol. The second-order valence-corrected chi connectivity index (χ2v) is 6.60. The van der Waals surface area contributed by atoms with Gasteiger partial charge in [0, 0.05) is 12.2 Å². The number of unbranched alkanes of at least 4 members (excludes halogenated alkanes) is 1. The van der Waals surface area contributed by atoms with Crippen molar-refractivity contribution >= 4 is 42.3 Å². The van der Waals surface area contributed by atoms with E-state index in [0.29, 0.717) is 19.4 Å². The first-order valence-electron chi connectivity index (χ1n) is 9.00. The molecule has 9 N–H and O–H groups in total. The van der Waals surface area contributed by atoms with Crippen molar-refractivity contribution in [3.63, 3.8) is 0 Å². The molecule has 0 radical (unpaired) electrons. The Morgan fingerprint density at radius 2 is 1.45 bits per heavy atom. The third-order valence-corrected chi connectivity index (χ3v) is 4.20. The number of carbonyl (C=O) groups excluding carboxylic acids is 3. The molecule has 0 aliphatic rings. The van der Waals surface area contributed by atoms with Crippen molar-refractivity contribution in [1.82, 2.24) is 16.0 Å². The van der Waals surface area contributed by atoms with Crippen LogP contribution in [0.2, 0.25) is 0 Å². The standard InChI is InChI=1S/C16H29N5O7S/c17-6-2-1-3-10(15(27)19-7-13(24)25)21-16(28)11(4-5-12(22)23)20-14(26)9(18)8-29/h9-11,29H,1-8,17-18H2,(H,19,27)(H,20,26)(H,21,28)(H,22,23)(H,24,25). The van der Waals surface area contributed by atoms with Crippen LogP contribution in [0.1, 0.15) is 32.1 Å². The quantitative estimate of drug-likeness (QED) is 0.0998. The number of carbonyl (C=O) groups is 5. The van der Waals surface area contributed by atoms with Crippen LogP contribution in [-0.4, -0.2) is 76.8 Å². The molecule has 12 nitrogen and oxygen atoms in total. The summed E-state index contributed by atoms with van der Waals surface area (Å²) in [4.78, 5) is 58.3. The molecule has 0 bridgehead atoms. The Morgan fingerprint density at radius 1 is 0.862 bits per heavy atom. The summed E-state index contributed by atoms with van der Waals surface area (Å²) in [5, 5.41) is 24.5. The largest absolute Gasteiger partial charge is 0.481 e. The lowest BCUT2D eigenvalue weighted by Gasteiger charge is -2.23. The number of rotatable bonds is 15. The highest BCUT2D eigenvalue weighted by atomic mass is 32.1. The average Bonchev–Trinajstić information content (AvgIpc) is 2.67. The van der Waals surface area contributed by atoms with Crippen LogP contribution in [0.5, 0.6) is 0 Å². The number of hydrogen-bond donors (Lipinski definition) is 8. The van der Waals surface area contributed by atoms with E-state index < -0.39 is 60.8 Å². The molecule has 0 aromatic carbocycles. The van der Waals surface area contributed by atoms with Gasteiger partial charge in [-0.2, -0.15) is 12.6 Å². The molecule has 3 unspecified atom stereocenters. The van der Waals surface area contributed by atoms with E-state index in [4.69, 9.17) is 21.7 Å². The zero-order valence-electron chi connectivity index (χ0n) is 15.9. The van der Waals surface area contributed by atoms with Crippen molar-refractivity contribution in [2.45, 2.75) is 50.2 Å². The van der Waals surface area contributed by atoms with E-state index in [1.165, 1.54) is 0 Å². The molecule has 166 valence electrons. The average molecular weight is 436 g/mol. The molecule has 0 spiro atoms. The minimum atomic E-state index is -1.25. The molecule has 3 amide bonds. The van der Waals surface area contributed by atoms with Gasteiger partial charge < -0.3 is 37.6 Å². The van der Waals surface area contributed by atoms with Gasteiger partial charge in [0.15, 0.2) is 0 Å². The molecular formula is C16H29N5O7S. The third kappa shape index (κ3) is 11.9. The van der Waals surface area contributed by atoms with Crippen molar-refractivity contribution in [1.29, 1.82) is 0 Å². The smallest absolute Gasteiger partial charge is 0.322 e. The molecule has 0 saturated carbocycles. The van der Waals surface area contributed by atoms with Crippen LogP contribution in [0.15, 0.2) is 0 Å². The van der Waals surface area contributed by atoms with Crippen LogP contribution >= 0.6 is 12.6 Å². The van der Waals surface area contributed by atoms with Crippen LogP contribution in [0.25, 0.3) is 0 Å². The number of amides is 3. The minimum absolute atomic E-state index is 0.0123. The van der Waals surface area contributed by atoms with E-state index in [0.717, 1.165) is 0 Å². The van der Waals surface area contributed by atoms with Crippen molar-refractivity contribution < 1.29 is 34.2 Å². The maximum atomic E-state index is 12.6. The number of nitrogens with one attached hydrogen (secondary N) is 3. The predicted molar refractivity (Wildman–Crippen MR) is 106 cm³/mol. The molecule has 29 heavy (non-hydrogen) atoms.